The van der Waals surface area contributed by atoms with E-state index in [0.717, 1.165) is 0 Å². The molecule has 2 N–H and O–H groups in total. The van der Waals surface area contributed by atoms with Gasteiger partial charge in [0.15, 0.2) is 0 Å². The molecule has 1 aromatic rings. The van der Waals surface area contributed by atoms with Gasteiger partial charge in [0.2, 0.25) is 5.91 Å². The lowest BCUT2D eigenvalue weighted by atomic mass is 9.74. The van der Waals surface area contributed by atoms with Crippen molar-refractivity contribution in [2.45, 2.75) is 25.0 Å². The van der Waals surface area contributed by atoms with Gasteiger partial charge in [-0.3, -0.25) is 4.79 Å². The molecule has 0 spiro atoms. The number of hydrogen-bond donors (Lipinski definition) is 2. The molecule has 5 nitrogen and oxygen atoms in total. The zero-order valence-electron chi connectivity index (χ0n) is 14.3. The average molecular weight is 335 g/mol. The lowest BCUT2D eigenvalue weighted by Gasteiger charge is -2.47. The second-order valence-electron chi connectivity index (χ2n) is 7.29. The fourth-order valence-electron chi connectivity index (χ4n) is 3.73. The largest absolute Gasteiger partial charge is 0.391 e. The van der Waals surface area contributed by atoms with Crippen LogP contribution in [0, 0.1) is 11.2 Å². The van der Waals surface area contributed by atoms with E-state index in [-0.39, 0.29) is 17.8 Å². The Bertz CT molecular complexity index is 604. The Morgan fingerprint density at radius 3 is 2.71 bits per heavy atom. The fraction of sp³-hybridized carbons (Fsp3) is 0.611. The molecule has 0 bridgehead atoms. The first-order valence-electron chi connectivity index (χ1n) is 8.51. The van der Waals surface area contributed by atoms with Crippen LogP contribution in [0.2, 0.25) is 0 Å². The summed E-state index contributed by atoms with van der Waals surface area (Å²) in [6.07, 6.45) is 0.584. The summed E-state index contributed by atoms with van der Waals surface area (Å²) in [5, 5.41) is 13.3. The number of nitrogens with zero attached hydrogens (tertiary/aromatic N) is 2. The maximum atomic E-state index is 14.0. The van der Waals surface area contributed by atoms with Crippen LogP contribution in [-0.4, -0.2) is 73.2 Å². The molecule has 2 atom stereocenters. The number of hydrogen-bond acceptors (Lipinski definition) is 4. The van der Waals surface area contributed by atoms with E-state index in [0.29, 0.717) is 44.6 Å². The molecule has 2 fully saturated rings. The number of nitrogens with one attached hydrogen (secondary N) is 1. The number of likely N-dealkylation sites (tertiary alicyclic amines) is 1. The van der Waals surface area contributed by atoms with Crippen LogP contribution < -0.4 is 5.32 Å². The zero-order chi connectivity index (χ0) is 17.3. The predicted molar refractivity (Wildman–Crippen MR) is 90.1 cm³/mol. The summed E-state index contributed by atoms with van der Waals surface area (Å²) in [6.45, 7) is 2.23. The molecule has 1 amide bonds. The first-order valence-corrected chi connectivity index (χ1v) is 8.51. The van der Waals surface area contributed by atoms with Crippen LogP contribution in [0.3, 0.4) is 0 Å². The highest BCUT2D eigenvalue weighted by Gasteiger charge is 2.48. The highest BCUT2D eigenvalue weighted by molar-refractivity contribution is 5.85. The van der Waals surface area contributed by atoms with Crippen LogP contribution in [0.15, 0.2) is 24.3 Å². The predicted octanol–water partition coefficient (Wildman–Crippen LogP) is 0.481. The van der Waals surface area contributed by atoms with Crippen molar-refractivity contribution in [3.8, 4) is 0 Å². The van der Waals surface area contributed by atoms with Crippen LogP contribution in [0.25, 0.3) is 0 Å². The number of carbonyl (C=O) groups is 1. The highest BCUT2D eigenvalue weighted by atomic mass is 19.1. The summed E-state index contributed by atoms with van der Waals surface area (Å²) >= 11 is 0. The molecule has 0 saturated carbocycles. The number of amides is 1. The van der Waals surface area contributed by atoms with Gasteiger partial charge in [0.25, 0.3) is 0 Å². The average Bonchev–Trinajstić information content (AvgIpc) is 2.52. The van der Waals surface area contributed by atoms with Gasteiger partial charge in [-0.2, -0.15) is 0 Å². The number of halogens is 1. The van der Waals surface area contributed by atoms with E-state index in [1.807, 2.05) is 30.0 Å². The van der Waals surface area contributed by atoms with E-state index >= 15 is 0 Å². The number of likely N-dealkylation sites (N-methyl/N-ethyl adjacent to an activating group) is 1. The highest BCUT2D eigenvalue weighted by Crippen LogP contribution is 2.32. The summed E-state index contributed by atoms with van der Waals surface area (Å²) in [4.78, 5) is 17.0. The lowest BCUT2D eigenvalue weighted by Crippen LogP contribution is -2.66. The molecule has 0 aromatic heterocycles. The minimum Gasteiger partial charge on any atom is -0.391 e. The van der Waals surface area contributed by atoms with Gasteiger partial charge in [0, 0.05) is 26.2 Å². The number of aliphatic hydroxyl groups excluding tert-OH is 1. The van der Waals surface area contributed by atoms with Crippen LogP contribution >= 0.6 is 0 Å². The Morgan fingerprint density at radius 2 is 2.12 bits per heavy atom. The molecule has 1 aromatic carbocycles. The normalized spacial score (nSPS) is 26.3. The first-order chi connectivity index (χ1) is 11.4. The van der Waals surface area contributed by atoms with Gasteiger partial charge in [0.05, 0.1) is 17.6 Å². The van der Waals surface area contributed by atoms with Crippen molar-refractivity contribution in [1.82, 2.24) is 15.1 Å². The maximum absolute atomic E-state index is 14.0. The summed E-state index contributed by atoms with van der Waals surface area (Å²) in [7, 11) is 3.84. The van der Waals surface area contributed by atoms with Gasteiger partial charge in [-0.1, -0.05) is 18.2 Å². The fourth-order valence-corrected chi connectivity index (χ4v) is 3.73. The lowest BCUT2D eigenvalue weighted by molar-refractivity contribution is -0.149. The molecule has 3 rings (SSSR count). The van der Waals surface area contributed by atoms with Crippen molar-refractivity contribution in [2.24, 2.45) is 5.41 Å². The molecule has 6 heteroatoms. The van der Waals surface area contributed by atoms with Gasteiger partial charge < -0.3 is 20.2 Å². The Morgan fingerprint density at radius 1 is 1.42 bits per heavy atom. The summed E-state index contributed by atoms with van der Waals surface area (Å²) in [5.41, 5.74) is 0.0231. The van der Waals surface area contributed by atoms with E-state index in [1.54, 1.807) is 12.1 Å². The monoisotopic (exact) mass is 335 g/mol. The van der Waals surface area contributed by atoms with Gasteiger partial charge in [-0.05, 0) is 38.6 Å². The molecule has 0 aliphatic carbocycles. The Labute approximate surface area is 142 Å². The third-order valence-electron chi connectivity index (χ3n) is 5.36. The summed E-state index contributed by atoms with van der Waals surface area (Å²) in [5.74, 6) is -0.180. The second-order valence-corrected chi connectivity index (χ2v) is 7.29. The number of aliphatic hydroxyl groups is 1. The van der Waals surface area contributed by atoms with Crippen molar-refractivity contribution >= 4 is 5.91 Å². The summed E-state index contributed by atoms with van der Waals surface area (Å²) < 4.78 is 14.0. The van der Waals surface area contributed by atoms with E-state index in [2.05, 4.69) is 5.32 Å². The summed E-state index contributed by atoms with van der Waals surface area (Å²) in [6, 6.07) is 6.62. The minimum atomic E-state index is -0.568. The van der Waals surface area contributed by atoms with Crippen LogP contribution in [0.5, 0.6) is 0 Å². The molecule has 24 heavy (non-hydrogen) atoms. The molecule has 0 unspecified atom stereocenters. The van der Waals surface area contributed by atoms with E-state index < -0.39 is 11.5 Å². The smallest absolute Gasteiger partial charge is 0.231 e. The molecule has 0 radical (unpaired) electrons. The van der Waals surface area contributed by atoms with Crippen LogP contribution in [0.4, 0.5) is 4.39 Å². The molecular weight excluding hydrogens is 309 g/mol. The van der Waals surface area contributed by atoms with Gasteiger partial charge in [0.1, 0.15) is 5.82 Å². The Hall–Kier alpha value is -1.50. The van der Waals surface area contributed by atoms with Crippen molar-refractivity contribution in [3.63, 3.8) is 0 Å². The van der Waals surface area contributed by atoms with Crippen molar-refractivity contribution in [1.29, 1.82) is 0 Å². The Balaban J connectivity index is 1.76. The Kier molecular flexibility index (Phi) is 4.90. The van der Waals surface area contributed by atoms with Gasteiger partial charge in [-0.25, -0.2) is 4.39 Å². The van der Waals surface area contributed by atoms with Crippen LogP contribution in [0.1, 0.15) is 12.0 Å². The van der Waals surface area contributed by atoms with E-state index in [9.17, 15) is 14.3 Å². The number of benzene rings is 1. The number of rotatable bonds is 4. The third-order valence-corrected chi connectivity index (χ3v) is 5.36. The molecule has 2 aliphatic heterocycles. The van der Waals surface area contributed by atoms with Crippen molar-refractivity contribution in [2.75, 3.05) is 40.3 Å². The zero-order valence-corrected chi connectivity index (χ0v) is 14.3. The van der Waals surface area contributed by atoms with E-state index in [4.69, 9.17) is 0 Å². The number of carbonyl (C=O) groups excluding carboxylic acids is 1. The number of piperidine rings is 1. The molecule has 2 saturated heterocycles. The third kappa shape index (κ3) is 3.18. The van der Waals surface area contributed by atoms with E-state index in [1.165, 1.54) is 6.07 Å². The van der Waals surface area contributed by atoms with Crippen molar-refractivity contribution in [3.05, 3.63) is 35.6 Å². The van der Waals surface area contributed by atoms with Gasteiger partial charge >= 0.3 is 0 Å². The molecule has 2 aliphatic rings. The standard InChI is InChI=1S/C18H26FN3O2/c1-21(2)15-10-22(8-7-16(15)23)17(24)18(11-20-12-18)9-13-5-3-4-6-14(13)19/h3-6,15-16,20,23H,7-12H2,1-2H3/t15-,16-/m0/s1. The minimum absolute atomic E-state index is 0.0544. The molecule has 2 heterocycles. The maximum Gasteiger partial charge on any atom is 0.231 e. The van der Waals surface area contributed by atoms with Crippen molar-refractivity contribution < 1.29 is 14.3 Å². The first kappa shape index (κ1) is 17.3. The van der Waals surface area contributed by atoms with Gasteiger partial charge in [-0.15, -0.1) is 0 Å². The molecular formula is C18H26FN3O2. The topological polar surface area (TPSA) is 55.8 Å². The SMILES string of the molecule is CN(C)[C@H]1CN(C(=O)C2(Cc3ccccc3F)CNC2)CC[C@@H]1O. The second kappa shape index (κ2) is 6.78. The van der Waals surface area contributed by atoms with Crippen LogP contribution in [-0.2, 0) is 11.2 Å². The quantitative estimate of drug-likeness (QED) is 0.840. The molecule has 132 valence electrons.